The van der Waals surface area contributed by atoms with E-state index in [1.807, 2.05) is 0 Å². The van der Waals surface area contributed by atoms with Gasteiger partial charge in [-0.05, 0) is 31.5 Å². The minimum atomic E-state index is 0.0630. The molecule has 0 aromatic heterocycles. The number of amides is 1. The van der Waals surface area contributed by atoms with Gasteiger partial charge in [0.05, 0.1) is 5.75 Å². The molecule has 1 aromatic rings. The Balaban J connectivity index is 2.66. The van der Waals surface area contributed by atoms with Gasteiger partial charge in [0.25, 0.3) is 0 Å². The monoisotopic (exact) mass is 266 g/mol. The summed E-state index contributed by atoms with van der Waals surface area (Å²) in [4.78, 5) is 12.5. The predicted molar refractivity (Wildman–Crippen MR) is 78.0 cm³/mol. The summed E-state index contributed by atoms with van der Waals surface area (Å²) in [5.41, 5.74) is 2.53. The minimum absolute atomic E-state index is 0.0630. The second kappa shape index (κ2) is 8.16. The number of hydrogen-bond acceptors (Lipinski definition) is 3. The molecule has 0 atom stereocenters. The lowest BCUT2D eigenvalue weighted by Gasteiger charge is -2.11. The van der Waals surface area contributed by atoms with E-state index in [9.17, 15) is 4.79 Å². The van der Waals surface area contributed by atoms with Gasteiger partial charge in [0.1, 0.15) is 0 Å². The van der Waals surface area contributed by atoms with E-state index in [4.69, 9.17) is 0 Å². The summed E-state index contributed by atoms with van der Waals surface area (Å²) in [7, 11) is 1.67. The number of nitrogens with one attached hydrogen (secondary N) is 2. The van der Waals surface area contributed by atoms with Crippen LogP contribution in [0.5, 0.6) is 0 Å². The molecule has 4 heteroatoms. The molecule has 0 fully saturated rings. The summed E-state index contributed by atoms with van der Waals surface area (Å²) in [6.45, 7) is 6.14. The maximum absolute atomic E-state index is 11.3. The molecule has 0 bridgehead atoms. The van der Waals surface area contributed by atoms with Gasteiger partial charge in [-0.25, -0.2) is 0 Å². The smallest absolute Gasteiger partial charge is 0.230 e. The van der Waals surface area contributed by atoms with Gasteiger partial charge in [0.2, 0.25) is 5.91 Å². The molecule has 0 spiro atoms. The van der Waals surface area contributed by atoms with E-state index in [0.29, 0.717) is 5.75 Å². The van der Waals surface area contributed by atoms with Crippen LogP contribution in [0.3, 0.4) is 0 Å². The van der Waals surface area contributed by atoms with E-state index < -0.39 is 0 Å². The molecular formula is C14H22N2OS. The van der Waals surface area contributed by atoms with E-state index in [0.717, 1.165) is 19.5 Å². The number of carbonyl (C=O) groups is 1. The fraction of sp³-hybridized carbons (Fsp3) is 0.500. The van der Waals surface area contributed by atoms with Gasteiger partial charge in [0, 0.05) is 18.5 Å². The summed E-state index contributed by atoms with van der Waals surface area (Å²) in [6, 6.07) is 6.39. The van der Waals surface area contributed by atoms with Crippen LogP contribution >= 0.6 is 11.8 Å². The van der Waals surface area contributed by atoms with Crippen molar-refractivity contribution in [2.24, 2.45) is 0 Å². The van der Waals surface area contributed by atoms with Crippen molar-refractivity contribution in [2.75, 3.05) is 19.3 Å². The molecule has 0 radical (unpaired) electrons. The van der Waals surface area contributed by atoms with Crippen LogP contribution in [0.1, 0.15) is 24.5 Å². The number of aryl methyl sites for hydroxylation is 1. The highest BCUT2D eigenvalue weighted by molar-refractivity contribution is 8.00. The van der Waals surface area contributed by atoms with E-state index in [-0.39, 0.29) is 5.91 Å². The van der Waals surface area contributed by atoms with E-state index >= 15 is 0 Å². The first-order chi connectivity index (χ1) is 8.67. The number of rotatable bonds is 7. The highest BCUT2D eigenvalue weighted by Gasteiger charge is 2.06. The van der Waals surface area contributed by atoms with Crippen LogP contribution in [0.25, 0.3) is 0 Å². The highest BCUT2D eigenvalue weighted by atomic mass is 32.2. The summed E-state index contributed by atoms with van der Waals surface area (Å²) in [5.74, 6) is 0.536. The number of carbonyl (C=O) groups excluding carboxylic acids is 1. The summed E-state index contributed by atoms with van der Waals surface area (Å²) >= 11 is 1.59. The zero-order chi connectivity index (χ0) is 13.4. The fourth-order valence-electron chi connectivity index (χ4n) is 1.60. The van der Waals surface area contributed by atoms with E-state index in [1.165, 1.54) is 16.0 Å². The first-order valence-electron chi connectivity index (χ1n) is 6.31. The Morgan fingerprint density at radius 3 is 2.83 bits per heavy atom. The number of thioether (sulfide) groups is 1. The van der Waals surface area contributed by atoms with Crippen molar-refractivity contribution in [3.05, 3.63) is 29.3 Å². The van der Waals surface area contributed by atoms with Crippen molar-refractivity contribution in [1.82, 2.24) is 10.6 Å². The highest BCUT2D eigenvalue weighted by Crippen LogP contribution is 2.23. The van der Waals surface area contributed by atoms with Crippen LogP contribution < -0.4 is 10.6 Å². The minimum Gasteiger partial charge on any atom is -0.358 e. The van der Waals surface area contributed by atoms with Crippen molar-refractivity contribution in [3.8, 4) is 0 Å². The molecule has 3 nitrogen and oxygen atoms in total. The maximum atomic E-state index is 11.3. The van der Waals surface area contributed by atoms with Gasteiger partial charge in [-0.15, -0.1) is 11.8 Å². The van der Waals surface area contributed by atoms with Gasteiger partial charge in [-0.1, -0.05) is 24.6 Å². The van der Waals surface area contributed by atoms with Crippen molar-refractivity contribution in [3.63, 3.8) is 0 Å². The zero-order valence-corrected chi connectivity index (χ0v) is 12.2. The molecular weight excluding hydrogens is 244 g/mol. The lowest BCUT2D eigenvalue weighted by atomic mass is 10.1. The summed E-state index contributed by atoms with van der Waals surface area (Å²) in [5, 5.41) is 6.05. The maximum Gasteiger partial charge on any atom is 0.230 e. The molecule has 0 aliphatic carbocycles. The molecule has 1 amide bonds. The first kappa shape index (κ1) is 15.1. The standard InChI is InChI=1S/C14H22N2OS/c1-4-7-16-9-12-8-11(2)5-6-13(12)18-10-14(17)15-3/h5-6,8,16H,4,7,9-10H2,1-3H3,(H,15,17). The molecule has 1 aromatic carbocycles. The SMILES string of the molecule is CCCNCc1cc(C)ccc1SCC(=O)NC. The van der Waals surface area contributed by atoms with Crippen molar-refractivity contribution >= 4 is 17.7 Å². The Morgan fingerprint density at radius 2 is 2.17 bits per heavy atom. The Kier molecular flexibility index (Phi) is 6.83. The summed E-state index contributed by atoms with van der Waals surface area (Å²) < 4.78 is 0. The average molecular weight is 266 g/mol. The Bertz CT molecular complexity index is 393. The number of benzene rings is 1. The third kappa shape index (κ3) is 5.10. The molecule has 0 aliphatic rings. The third-order valence-corrected chi connectivity index (χ3v) is 3.71. The zero-order valence-electron chi connectivity index (χ0n) is 11.4. The lowest BCUT2D eigenvalue weighted by Crippen LogP contribution is -2.20. The predicted octanol–water partition coefficient (Wildman–Crippen LogP) is 2.33. The Labute approximate surface area is 114 Å². The summed E-state index contributed by atoms with van der Waals surface area (Å²) in [6.07, 6.45) is 1.13. The first-order valence-corrected chi connectivity index (χ1v) is 7.29. The molecule has 1 rings (SSSR count). The second-order valence-corrected chi connectivity index (χ2v) is 5.27. The fourth-order valence-corrected chi connectivity index (χ4v) is 2.51. The van der Waals surface area contributed by atoms with Crippen LogP contribution in [0.15, 0.2) is 23.1 Å². The van der Waals surface area contributed by atoms with Crippen LogP contribution in [0.2, 0.25) is 0 Å². The molecule has 0 saturated carbocycles. The Morgan fingerprint density at radius 1 is 1.39 bits per heavy atom. The average Bonchev–Trinajstić information content (AvgIpc) is 2.37. The van der Waals surface area contributed by atoms with Crippen LogP contribution in [-0.4, -0.2) is 25.3 Å². The normalized spacial score (nSPS) is 10.4. The Hall–Kier alpha value is -1.00. The molecule has 0 saturated heterocycles. The molecule has 18 heavy (non-hydrogen) atoms. The van der Waals surface area contributed by atoms with E-state index in [1.54, 1.807) is 18.8 Å². The van der Waals surface area contributed by atoms with Gasteiger partial charge >= 0.3 is 0 Å². The number of hydrogen-bond donors (Lipinski definition) is 2. The topological polar surface area (TPSA) is 41.1 Å². The molecule has 0 aliphatic heterocycles. The van der Waals surface area contributed by atoms with Crippen LogP contribution in [-0.2, 0) is 11.3 Å². The molecule has 2 N–H and O–H groups in total. The third-order valence-electron chi connectivity index (χ3n) is 2.60. The van der Waals surface area contributed by atoms with Crippen molar-refractivity contribution in [1.29, 1.82) is 0 Å². The van der Waals surface area contributed by atoms with Crippen LogP contribution in [0.4, 0.5) is 0 Å². The molecule has 100 valence electrons. The van der Waals surface area contributed by atoms with Crippen molar-refractivity contribution in [2.45, 2.75) is 31.7 Å². The largest absolute Gasteiger partial charge is 0.358 e. The quantitative estimate of drug-likeness (QED) is 0.588. The molecule has 0 unspecified atom stereocenters. The van der Waals surface area contributed by atoms with Crippen LogP contribution in [0, 0.1) is 6.92 Å². The lowest BCUT2D eigenvalue weighted by molar-refractivity contribution is -0.118. The van der Waals surface area contributed by atoms with Crippen molar-refractivity contribution < 1.29 is 4.79 Å². The second-order valence-electron chi connectivity index (χ2n) is 4.25. The van der Waals surface area contributed by atoms with Gasteiger partial charge < -0.3 is 10.6 Å². The van der Waals surface area contributed by atoms with Gasteiger partial charge in [-0.3, -0.25) is 4.79 Å². The van der Waals surface area contributed by atoms with Gasteiger partial charge in [-0.2, -0.15) is 0 Å². The molecule has 0 heterocycles. The van der Waals surface area contributed by atoms with Gasteiger partial charge in [0.15, 0.2) is 0 Å². The van der Waals surface area contributed by atoms with E-state index in [2.05, 4.69) is 42.7 Å².